The molecule has 6 heteroatoms. The van der Waals surface area contributed by atoms with Crippen LogP contribution in [-0.2, 0) is 4.79 Å². The first-order valence-corrected chi connectivity index (χ1v) is 9.21. The molecule has 0 bridgehead atoms. The number of carbonyl (C=O) groups excluding carboxylic acids is 1. The third-order valence-electron chi connectivity index (χ3n) is 4.31. The summed E-state index contributed by atoms with van der Waals surface area (Å²) in [5.41, 5.74) is 1.71. The molecule has 0 aliphatic heterocycles. The van der Waals surface area contributed by atoms with Crippen LogP contribution < -0.4 is 10.1 Å². The van der Waals surface area contributed by atoms with Crippen molar-refractivity contribution in [1.29, 1.82) is 0 Å². The fourth-order valence-corrected chi connectivity index (χ4v) is 3.22. The van der Waals surface area contributed by atoms with Crippen LogP contribution in [0.15, 0.2) is 48.7 Å². The number of phenols is 1. The first-order chi connectivity index (χ1) is 13.0. The standard InChI is InChI=1S/C21H21ClN2O3/c1-3-18(25)24-19(13-7-9-14(10-8-13)27-4-2)16-12-17(22)15-6-5-11-23-20(15)21(16)26/h5-12,19,26H,3-4H2,1-2H3,(H,24,25). The molecule has 27 heavy (non-hydrogen) atoms. The number of aromatic nitrogens is 1. The van der Waals surface area contributed by atoms with Gasteiger partial charge in [-0.05, 0) is 42.8 Å². The molecular weight excluding hydrogens is 364 g/mol. The molecule has 1 atom stereocenters. The molecule has 0 aliphatic rings. The van der Waals surface area contributed by atoms with Crippen LogP contribution in [-0.4, -0.2) is 22.6 Å². The summed E-state index contributed by atoms with van der Waals surface area (Å²) in [6.45, 7) is 4.27. The normalized spacial score (nSPS) is 12.0. The molecule has 0 fully saturated rings. The van der Waals surface area contributed by atoms with Gasteiger partial charge in [0.1, 0.15) is 17.0 Å². The number of rotatable bonds is 6. The van der Waals surface area contributed by atoms with Crippen LogP contribution >= 0.6 is 11.6 Å². The van der Waals surface area contributed by atoms with Gasteiger partial charge in [0.2, 0.25) is 5.91 Å². The highest BCUT2D eigenvalue weighted by Crippen LogP contribution is 2.38. The van der Waals surface area contributed by atoms with Gasteiger partial charge in [0.05, 0.1) is 17.7 Å². The van der Waals surface area contributed by atoms with Gasteiger partial charge in [-0.3, -0.25) is 9.78 Å². The van der Waals surface area contributed by atoms with Crippen LogP contribution in [0.5, 0.6) is 11.5 Å². The van der Waals surface area contributed by atoms with Gasteiger partial charge in [-0.2, -0.15) is 0 Å². The number of aromatic hydroxyl groups is 1. The molecule has 0 aliphatic carbocycles. The lowest BCUT2D eigenvalue weighted by Crippen LogP contribution is -2.28. The van der Waals surface area contributed by atoms with Gasteiger partial charge in [-0.15, -0.1) is 0 Å². The monoisotopic (exact) mass is 384 g/mol. The molecule has 3 rings (SSSR count). The second-order valence-corrected chi connectivity index (χ2v) is 6.46. The zero-order valence-corrected chi connectivity index (χ0v) is 16.0. The minimum atomic E-state index is -0.558. The number of pyridine rings is 1. The maximum atomic E-state index is 12.1. The van der Waals surface area contributed by atoms with Gasteiger partial charge in [0.25, 0.3) is 0 Å². The minimum Gasteiger partial charge on any atom is -0.505 e. The van der Waals surface area contributed by atoms with Crippen molar-refractivity contribution in [2.45, 2.75) is 26.3 Å². The maximum Gasteiger partial charge on any atom is 0.220 e. The highest BCUT2D eigenvalue weighted by atomic mass is 35.5. The number of ether oxygens (including phenoxy) is 1. The Hall–Kier alpha value is -2.79. The Bertz CT molecular complexity index is 958. The number of fused-ring (bicyclic) bond motifs is 1. The minimum absolute atomic E-state index is 0.00490. The van der Waals surface area contributed by atoms with E-state index >= 15 is 0 Å². The fraction of sp³-hybridized carbons (Fsp3) is 0.238. The number of halogens is 1. The van der Waals surface area contributed by atoms with Crippen LogP contribution in [0, 0.1) is 0 Å². The summed E-state index contributed by atoms with van der Waals surface area (Å²) in [6.07, 6.45) is 1.92. The zero-order valence-electron chi connectivity index (χ0n) is 15.2. The SMILES string of the molecule is CCOc1ccc(C(NC(=O)CC)c2cc(Cl)c3cccnc3c2O)cc1. The van der Waals surface area contributed by atoms with Crippen molar-refractivity contribution < 1.29 is 14.6 Å². The van der Waals surface area contributed by atoms with E-state index in [0.717, 1.165) is 11.3 Å². The molecule has 2 N–H and O–H groups in total. The van der Waals surface area contributed by atoms with E-state index in [0.29, 0.717) is 34.5 Å². The van der Waals surface area contributed by atoms with E-state index in [1.54, 1.807) is 31.3 Å². The second-order valence-electron chi connectivity index (χ2n) is 6.05. The summed E-state index contributed by atoms with van der Waals surface area (Å²) < 4.78 is 5.48. The first kappa shape index (κ1) is 19.0. The summed E-state index contributed by atoms with van der Waals surface area (Å²) in [7, 11) is 0. The number of hydrogen-bond donors (Lipinski definition) is 2. The smallest absolute Gasteiger partial charge is 0.220 e. The maximum absolute atomic E-state index is 12.1. The van der Waals surface area contributed by atoms with Crippen LogP contribution in [0.1, 0.15) is 37.4 Å². The number of phenolic OH excluding ortho intramolecular Hbond substituents is 1. The summed E-state index contributed by atoms with van der Waals surface area (Å²) >= 11 is 6.42. The molecule has 0 radical (unpaired) electrons. The third kappa shape index (κ3) is 3.98. The van der Waals surface area contributed by atoms with Gasteiger partial charge in [0, 0.05) is 23.6 Å². The van der Waals surface area contributed by atoms with Gasteiger partial charge in [0.15, 0.2) is 0 Å². The van der Waals surface area contributed by atoms with Crippen molar-refractivity contribution in [3.8, 4) is 11.5 Å². The van der Waals surface area contributed by atoms with Crippen LogP contribution in [0.2, 0.25) is 5.02 Å². The van der Waals surface area contributed by atoms with Crippen molar-refractivity contribution in [2.75, 3.05) is 6.61 Å². The van der Waals surface area contributed by atoms with Gasteiger partial charge < -0.3 is 15.2 Å². The van der Waals surface area contributed by atoms with E-state index < -0.39 is 6.04 Å². The molecule has 1 unspecified atom stereocenters. The molecule has 0 saturated carbocycles. The topological polar surface area (TPSA) is 71.5 Å². The molecule has 0 saturated heterocycles. The molecule has 1 aromatic heterocycles. The number of nitrogens with one attached hydrogen (secondary N) is 1. The van der Waals surface area contributed by atoms with Crippen LogP contribution in [0.3, 0.4) is 0 Å². The third-order valence-corrected chi connectivity index (χ3v) is 4.62. The van der Waals surface area contributed by atoms with Gasteiger partial charge in [-0.1, -0.05) is 30.7 Å². The molecule has 5 nitrogen and oxygen atoms in total. The lowest BCUT2D eigenvalue weighted by molar-refractivity contribution is -0.121. The van der Waals surface area contributed by atoms with Crippen molar-refractivity contribution in [3.05, 3.63) is 64.8 Å². The molecule has 0 spiro atoms. The molecular formula is C21H21ClN2O3. The van der Waals surface area contributed by atoms with Gasteiger partial charge >= 0.3 is 0 Å². The second kappa shape index (κ2) is 8.27. The van der Waals surface area contributed by atoms with E-state index in [4.69, 9.17) is 16.3 Å². The average molecular weight is 385 g/mol. The highest BCUT2D eigenvalue weighted by Gasteiger charge is 2.23. The Morgan fingerprint density at radius 3 is 2.67 bits per heavy atom. The zero-order chi connectivity index (χ0) is 19.4. The molecule has 3 aromatic rings. The van der Waals surface area contributed by atoms with Crippen molar-refractivity contribution in [1.82, 2.24) is 10.3 Å². The Balaban J connectivity index is 2.12. The number of hydrogen-bond acceptors (Lipinski definition) is 4. The van der Waals surface area contributed by atoms with Crippen molar-refractivity contribution >= 4 is 28.4 Å². The Kier molecular flexibility index (Phi) is 5.81. The van der Waals surface area contributed by atoms with Crippen molar-refractivity contribution in [3.63, 3.8) is 0 Å². The number of amides is 1. The quantitative estimate of drug-likeness (QED) is 0.651. The van der Waals surface area contributed by atoms with E-state index in [2.05, 4.69) is 10.3 Å². The van der Waals surface area contributed by atoms with Crippen molar-refractivity contribution in [2.24, 2.45) is 0 Å². The van der Waals surface area contributed by atoms with Crippen LogP contribution in [0.4, 0.5) is 0 Å². The van der Waals surface area contributed by atoms with E-state index in [-0.39, 0.29) is 11.7 Å². The largest absolute Gasteiger partial charge is 0.505 e. The molecule has 2 aromatic carbocycles. The number of carbonyl (C=O) groups is 1. The Morgan fingerprint density at radius 1 is 1.26 bits per heavy atom. The highest BCUT2D eigenvalue weighted by molar-refractivity contribution is 6.35. The Morgan fingerprint density at radius 2 is 2.00 bits per heavy atom. The molecule has 1 amide bonds. The lowest BCUT2D eigenvalue weighted by atomic mass is 9.96. The van der Waals surface area contributed by atoms with E-state index in [1.807, 2.05) is 31.2 Å². The van der Waals surface area contributed by atoms with E-state index in [9.17, 15) is 9.90 Å². The average Bonchev–Trinajstić information content (AvgIpc) is 2.70. The first-order valence-electron chi connectivity index (χ1n) is 8.83. The summed E-state index contributed by atoms with van der Waals surface area (Å²) in [5, 5.41) is 14.9. The summed E-state index contributed by atoms with van der Waals surface area (Å²) in [4.78, 5) is 16.4. The predicted molar refractivity (Wildman–Crippen MR) is 106 cm³/mol. The van der Waals surface area contributed by atoms with E-state index in [1.165, 1.54) is 0 Å². The van der Waals surface area contributed by atoms with Crippen LogP contribution in [0.25, 0.3) is 10.9 Å². The summed E-state index contributed by atoms with van der Waals surface area (Å²) in [5.74, 6) is 0.611. The predicted octanol–water partition coefficient (Wildman–Crippen LogP) is 4.61. The lowest BCUT2D eigenvalue weighted by Gasteiger charge is -2.22. The Labute approximate surface area is 163 Å². The fourth-order valence-electron chi connectivity index (χ4n) is 2.95. The number of nitrogens with zero attached hydrogens (tertiary/aromatic N) is 1. The van der Waals surface area contributed by atoms with Gasteiger partial charge in [-0.25, -0.2) is 0 Å². The molecule has 140 valence electrons. The molecule has 1 heterocycles. The number of benzene rings is 2. The summed E-state index contributed by atoms with van der Waals surface area (Å²) in [6, 6.07) is 12.1.